The molecule has 0 aliphatic carbocycles. The molecule has 0 bridgehead atoms. The third-order valence-corrected chi connectivity index (χ3v) is 12.9. The Labute approximate surface area is 468 Å². The van der Waals surface area contributed by atoms with Crippen LogP contribution in [0.4, 0.5) is 5.69 Å². The summed E-state index contributed by atoms with van der Waals surface area (Å²) in [4.78, 5) is 73.8. The number of ether oxygens (including phenoxy) is 10. The van der Waals surface area contributed by atoms with Crippen LogP contribution in [0.5, 0.6) is 0 Å². The van der Waals surface area contributed by atoms with Crippen molar-refractivity contribution in [1.29, 1.82) is 0 Å². The molecule has 438 valence electrons. The van der Waals surface area contributed by atoms with Crippen LogP contribution in [0.1, 0.15) is 45.2 Å². The first-order valence-electron chi connectivity index (χ1n) is 27.3. The van der Waals surface area contributed by atoms with E-state index in [-0.39, 0.29) is 37.9 Å². The average Bonchev–Trinajstić information content (AvgIpc) is 3.66. The Bertz CT molecular complexity index is 2230. The van der Waals surface area contributed by atoms with Crippen molar-refractivity contribution >= 4 is 59.1 Å². The Morgan fingerprint density at radius 1 is 0.658 bits per heavy atom. The fourth-order valence-electron chi connectivity index (χ4n) is 7.87. The Kier molecular flexibility index (Phi) is 32.1. The molecule has 1 aromatic heterocycles. The second kappa shape index (κ2) is 39.2. The zero-order valence-corrected chi connectivity index (χ0v) is 46.9. The predicted molar refractivity (Wildman–Crippen MR) is 296 cm³/mol. The normalized spacial score (nSPS) is 14.5. The molecule has 4 heterocycles. The highest BCUT2D eigenvalue weighted by molar-refractivity contribution is 7.97. The number of nitrogens with one attached hydrogen (secondary N) is 2. The number of pyridine rings is 1. The number of amidine groups is 1. The van der Waals surface area contributed by atoms with E-state index >= 15 is 0 Å². The van der Waals surface area contributed by atoms with Crippen LogP contribution in [0.15, 0.2) is 64.1 Å². The summed E-state index contributed by atoms with van der Waals surface area (Å²) in [6, 6.07) is 10.3. The summed E-state index contributed by atoms with van der Waals surface area (Å²) in [5.74, 6) is -0.695. The molecule has 0 spiro atoms. The van der Waals surface area contributed by atoms with Crippen LogP contribution >= 0.6 is 11.9 Å². The average molecular weight is 1130 g/mol. The second-order valence-electron chi connectivity index (χ2n) is 18.3. The molecular weight excluding hydrogens is 1040 g/mol. The van der Waals surface area contributed by atoms with Crippen LogP contribution in [0.3, 0.4) is 0 Å². The van der Waals surface area contributed by atoms with E-state index in [1.165, 1.54) is 0 Å². The van der Waals surface area contributed by atoms with Gasteiger partial charge in [0.1, 0.15) is 12.4 Å². The SMILES string of the molecule is CCCN(CCC)C(=O)C1=Cc2ncc(-c3cccc(SN4CC(CNC(=O)CCOCCOCCOCCOCCOCCOCCOCCOCCOCCOCCNC(=O)CN5C(=O)C=CC5=O)C4)c3)cc2N=C(N)C1. The number of nitrogens with two attached hydrogens (primary N) is 1. The van der Waals surface area contributed by atoms with E-state index in [2.05, 4.69) is 45.9 Å². The van der Waals surface area contributed by atoms with E-state index in [0.717, 1.165) is 59.0 Å². The zero-order valence-electron chi connectivity index (χ0n) is 46.0. The van der Waals surface area contributed by atoms with Crippen molar-refractivity contribution in [3.05, 3.63) is 59.9 Å². The number of rotatable bonds is 45. The van der Waals surface area contributed by atoms with Crippen molar-refractivity contribution in [2.75, 3.05) is 178 Å². The number of aliphatic imine (C=N–C) groups is 1. The molecule has 0 atom stereocenters. The standard InChI is InChI=1S/C55H82N8O15S/c1-3-12-61(13-4-2)55(68)45-35-48-49(60-50(56)37-45)36-46(39-58-48)44-6-5-7-47(34-44)79-62-40-43(41-62)38-59-51(64)10-14-69-16-18-71-20-22-73-24-26-75-28-30-77-32-33-78-31-29-76-27-25-74-23-21-72-19-17-70-15-11-57-52(65)42-63-53(66)8-9-54(63)67/h5-9,34-36,39,43H,3-4,10-33,37-38,40-42H2,1-2H3,(H2,56,60)(H,57,65)(H,59,64). The minimum atomic E-state index is -0.497. The lowest BCUT2D eigenvalue weighted by Crippen LogP contribution is -2.47. The van der Waals surface area contributed by atoms with E-state index in [1.54, 1.807) is 11.9 Å². The molecule has 1 fully saturated rings. The molecule has 24 heteroatoms. The van der Waals surface area contributed by atoms with Crippen molar-refractivity contribution in [2.45, 2.75) is 44.4 Å². The quantitative estimate of drug-likeness (QED) is 0.0489. The van der Waals surface area contributed by atoms with Crippen molar-refractivity contribution < 1.29 is 71.3 Å². The number of carbonyl (C=O) groups excluding carboxylic acids is 5. The van der Waals surface area contributed by atoms with Gasteiger partial charge in [0, 0.05) is 92.4 Å². The molecule has 4 N–H and O–H groups in total. The molecule has 23 nitrogen and oxygen atoms in total. The second-order valence-corrected chi connectivity index (χ2v) is 19.5. The summed E-state index contributed by atoms with van der Waals surface area (Å²) in [5.41, 5.74) is 10.1. The summed E-state index contributed by atoms with van der Waals surface area (Å²) in [6.07, 6.45) is 8.29. The summed E-state index contributed by atoms with van der Waals surface area (Å²) in [7, 11) is 0. The smallest absolute Gasteiger partial charge is 0.254 e. The molecule has 0 saturated carbocycles. The molecule has 1 aromatic carbocycles. The van der Waals surface area contributed by atoms with Gasteiger partial charge in [-0.25, -0.2) is 9.30 Å². The van der Waals surface area contributed by atoms with Gasteiger partial charge in [-0.1, -0.05) is 26.0 Å². The summed E-state index contributed by atoms with van der Waals surface area (Å²) in [5, 5.41) is 5.63. The maximum atomic E-state index is 13.4. The molecule has 5 rings (SSSR count). The van der Waals surface area contributed by atoms with E-state index < -0.39 is 17.7 Å². The molecule has 3 aliphatic heterocycles. The van der Waals surface area contributed by atoms with Crippen molar-refractivity contribution in [3.63, 3.8) is 0 Å². The number of imide groups is 1. The third kappa shape index (κ3) is 26.3. The van der Waals surface area contributed by atoms with Gasteiger partial charge in [-0.2, -0.15) is 0 Å². The van der Waals surface area contributed by atoms with E-state index in [4.69, 9.17) is 58.1 Å². The predicted octanol–water partition coefficient (Wildman–Crippen LogP) is 2.83. The molecule has 1 saturated heterocycles. The Morgan fingerprint density at radius 2 is 1.16 bits per heavy atom. The number of benzene rings is 1. The summed E-state index contributed by atoms with van der Waals surface area (Å²) >= 11 is 1.69. The molecular formula is C55H82N8O15S. The number of hydrogen-bond acceptors (Lipinski definition) is 20. The van der Waals surface area contributed by atoms with Gasteiger partial charge in [-0.05, 0) is 54.6 Å². The molecule has 3 aliphatic rings. The first kappa shape index (κ1) is 64.6. The highest BCUT2D eigenvalue weighted by atomic mass is 32.2. The van der Waals surface area contributed by atoms with Crippen LogP contribution in [-0.4, -0.2) is 232 Å². The fraction of sp³-hybridized carbons (Fsp3) is 0.618. The van der Waals surface area contributed by atoms with Gasteiger partial charge in [-0.3, -0.25) is 33.9 Å². The lowest BCUT2D eigenvalue weighted by atomic mass is 10.0. The lowest BCUT2D eigenvalue weighted by Gasteiger charge is -2.38. The Hall–Kier alpha value is -5.22. The van der Waals surface area contributed by atoms with Gasteiger partial charge in [0.15, 0.2) is 0 Å². The number of hydrogen-bond donors (Lipinski definition) is 3. The number of aromatic nitrogens is 1. The van der Waals surface area contributed by atoms with Crippen molar-refractivity contribution in [2.24, 2.45) is 16.6 Å². The highest BCUT2D eigenvalue weighted by Crippen LogP contribution is 2.35. The van der Waals surface area contributed by atoms with E-state index in [1.807, 2.05) is 35.4 Å². The molecule has 2 aromatic rings. The van der Waals surface area contributed by atoms with Crippen molar-refractivity contribution in [1.82, 2.24) is 29.7 Å². The Balaban J connectivity index is 0.728. The van der Waals surface area contributed by atoms with E-state index in [0.29, 0.717) is 180 Å². The fourth-order valence-corrected chi connectivity index (χ4v) is 9.06. The molecule has 0 unspecified atom stereocenters. The maximum Gasteiger partial charge on any atom is 0.254 e. The van der Waals surface area contributed by atoms with Gasteiger partial charge in [-0.15, -0.1) is 0 Å². The van der Waals surface area contributed by atoms with Crippen LogP contribution in [0.2, 0.25) is 0 Å². The highest BCUT2D eigenvalue weighted by Gasteiger charge is 2.28. The van der Waals surface area contributed by atoms with Gasteiger partial charge >= 0.3 is 0 Å². The van der Waals surface area contributed by atoms with E-state index in [9.17, 15) is 24.0 Å². The molecule has 5 amide bonds. The van der Waals surface area contributed by atoms with Crippen LogP contribution in [0, 0.1) is 5.92 Å². The molecule has 79 heavy (non-hydrogen) atoms. The summed E-state index contributed by atoms with van der Waals surface area (Å²) < 4.78 is 57.3. The van der Waals surface area contributed by atoms with Gasteiger partial charge in [0.25, 0.3) is 11.8 Å². The number of nitrogens with zero attached hydrogens (tertiary/aromatic N) is 5. The topological polar surface area (TPSA) is 263 Å². The Morgan fingerprint density at radius 3 is 1.68 bits per heavy atom. The molecule has 0 radical (unpaired) electrons. The first-order chi connectivity index (χ1) is 38.6. The van der Waals surface area contributed by atoms with Crippen molar-refractivity contribution in [3.8, 4) is 11.1 Å². The minimum Gasteiger partial charge on any atom is -0.387 e. The number of fused-ring (bicyclic) bond motifs is 1. The maximum absolute atomic E-state index is 13.4. The third-order valence-electron chi connectivity index (χ3n) is 11.9. The monoisotopic (exact) mass is 1130 g/mol. The minimum absolute atomic E-state index is 0.0113. The van der Waals surface area contributed by atoms with Gasteiger partial charge < -0.3 is 68.6 Å². The number of amides is 5. The number of carbonyl (C=O) groups is 5. The van der Waals surface area contributed by atoms with Gasteiger partial charge in [0.05, 0.1) is 144 Å². The lowest BCUT2D eigenvalue weighted by molar-refractivity contribution is -0.141. The summed E-state index contributed by atoms with van der Waals surface area (Å²) in [6.45, 7) is 16.2. The van der Waals surface area contributed by atoms with Crippen LogP contribution < -0.4 is 16.4 Å². The largest absolute Gasteiger partial charge is 0.387 e. The van der Waals surface area contributed by atoms with Gasteiger partial charge in [0.2, 0.25) is 17.7 Å². The van der Waals surface area contributed by atoms with Crippen LogP contribution in [0.25, 0.3) is 17.2 Å². The first-order valence-corrected chi connectivity index (χ1v) is 28.1. The van der Waals surface area contributed by atoms with Crippen LogP contribution in [-0.2, 0) is 71.3 Å². The zero-order chi connectivity index (χ0) is 56.1.